The average Bonchev–Trinajstić information content (AvgIpc) is 3.37. The molecule has 2 aromatic heterocycles. The number of carbonyl (C=O) groups excluding carboxylic acids is 1. The van der Waals surface area contributed by atoms with E-state index >= 15 is 4.39 Å². The fourth-order valence-corrected chi connectivity index (χ4v) is 4.76. The van der Waals surface area contributed by atoms with E-state index in [1.54, 1.807) is 0 Å². The summed E-state index contributed by atoms with van der Waals surface area (Å²) >= 11 is 0. The Morgan fingerprint density at radius 2 is 1.95 bits per heavy atom. The number of piperidine rings is 1. The summed E-state index contributed by atoms with van der Waals surface area (Å²) in [7, 11) is 2.05. The summed E-state index contributed by atoms with van der Waals surface area (Å²) in [6, 6.07) is 8.71. The number of benzene rings is 1. The van der Waals surface area contributed by atoms with Gasteiger partial charge in [-0.1, -0.05) is 6.07 Å². The van der Waals surface area contributed by atoms with Crippen LogP contribution in [0.2, 0.25) is 0 Å². The van der Waals surface area contributed by atoms with Gasteiger partial charge < -0.3 is 14.2 Å². The number of pyridine rings is 1. The molecule has 5 rings (SSSR count). The smallest absolute Gasteiger partial charge is 0.314 e. The maximum atomic E-state index is 15.8. The SMILES string of the molecule is CN1CCC(N2CC(F)(C(=O)N(Cc3ccc(-c4nnc(C(F)F)o4)cn3)c3cccc(F)c3)C2)CC1. The number of hydrogen-bond acceptors (Lipinski definition) is 7. The lowest BCUT2D eigenvalue weighted by Crippen LogP contribution is -2.69. The molecule has 0 aliphatic carbocycles. The van der Waals surface area contributed by atoms with Crippen molar-refractivity contribution >= 4 is 11.6 Å². The molecule has 2 fully saturated rings. The number of hydrogen-bond donors (Lipinski definition) is 0. The Balaban J connectivity index is 1.33. The highest BCUT2D eigenvalue weighted by Gasteiger charge is 2.54. The van der Waals surface area contributed by atoms with Gasteiger partial charge in [0.2, 0.25) is 11.6 Å². The van der Waals surface area contributed by atoms with Gasteiger partial charge in [-0.2, -0.15) is 8.78 Å². The average molecular weight is 519 g/mol. The van der Waals surface area contributed by atoms with Crippen molar-refractivity contribution in [3.05, 3.63) is 60.0 Å². The third-order valence-corrected chi connectivity index (χ3v) is 6.88. The minimum Gasteiger partial charge on any atom is -0.415 e. The first-order valence-corrected chi connectivity index (χ1v) is 12.0. The molecular formula is C25H26F4N6O2. The van der Waals surface area contributed by atoms with Gasteiger partial charge in [-0.3, -0.25) is 14.7 Å². The van der Waals surface area contributed by atoms with Crippen molar-refractivity contribution in [3.8, 4) is 11.5 Å². The number of anilines is 1. The molecule has 2 aliphatic rings. The van der Waals surface area contributed by atoms with Crippen LogP contribution < -0.4 is 4.90 Å². The van der Waals surface area contributed by atoms with Crippen molar-refractivity contribution in [3.63, 3.8) is 0 Å². The summed E-state index contributed by atoms with van der Waals surface area (Å²) in [5.74, 6) is -2.24. The summed E-state index contributed by atoms with van der Waals surface area (Å²) in [6.07, 6.45) is 0.282. The zero-order valence-corrected chi connectivity index (χ0v) is 20.2. The van der Waals surface area contributed by atoms with Gasteiger partial charge in [-0.05, 0) is 63.3 Å². The van der Waals surface area contributed by atoms with Gasteiger partial charge in [0.05, 0.1) is 17.8 Å². The second-order valence-electron chi connectivity index (χ2n) is 9.56. The van der Waals surface area contributed by atoms with Crippen LogP contribution >= 0.6 is 0 Å². The molecule has 2 saturated heterocycles. The molecule has 0 bridgehead atoms. The number of aromatic nitrogens is 3. The molecule has 0 atom stereocenters. The number of halogens is 4. The highest BCUT2D eigenvalue weighted by atomic mass is 19.3. The summed E-state index contributed by atoms with van der Waals surface area (Å²) in [6.45, 7) is 1.72. The summed E-state index contributed by atoms with van der Waals surface area (Å²) < 4.78 is 60.2. The summed E-state index contributed by atoms with van der Waals surface area (Å²) in [4.78, 5) is 23.1. The molecule has 2 aliphatic heterocycles. The molecule has 1 aromatic carbocycles. The minimum atomic E-state index is -2.89. The number of likely N-dealkylation sites (tertiary alicyclic amines) is 2. The van der Waals surface area contributed by atoms with Gasteiger partial charge in [0.25, 0.3) is 11.8 Å². The molecule has 12 heteroatoms. The van der Waals surface area contributed by atoms with E-state index in [0.29, 0.717) is 11.3 Å². The standard InChI is InChI=1S/C25H26F4N6O2/c1-33-9-7-19(8-10-33)34-14-25(29,15-34)24(36)35(20-4-2-3-17(26)11-20)13-18-6-5-16(12-30-18)22-31-32-23(37-22)21(27)28/h2-6,11-12,19,21H,7-10,13-15H2,1H3. The fourth-order valence-electron chi connectivity index (χ4n) is 4.76. The van der Waals surface area contributed by atoms with Gasteiger partial charge in [0.1, 0.15) is 5.82 Å². The molecule has 196 valence electrons. The Labute approximate surface area is 210 Å². The lowest BCUT2D eigenvalue weighted by atomic mass is 9.89. The van der Waals surface area contributed by atoms with Gasteiger partial charge in [0, 0.05) is 31.0 Å². The Kier molecular flexibility index (Phi) is 6.95. The Morgan fingerprint density at radius 1 is 1.19 bits per heavy atom. The fraction of sp³-hybridized carbons (Fsp3) is 0.440. The van der Waals surface area contributed by atoms with Crippen LogP contribution in [0.25, 0.3) is 11.5 Å². The lowest BCUT2D eigenvalue weighted by Gasteiger charge is -2.50. The van der Waals surface area contributed by atoms with E-state index in [1.807, 2.05) is 4.90 Å². The zero-order chi connectivity index (χ0) is 26.2. The van der Waals surface area contributed by atoms with Crippen LogP contribution in [0.15, 0.2) is 47.0 Å². The van der Waals surface area contributed by atoms with E-state index in [9.17, 15) is 18.0 Å². The molecule has 3 aromatic rings. The largest absolute Gasteiger partial charge is 0.415 e. The topological polar surface area (TPSA) is 78.6 Å². The van der Waals surface area contributed by atoms with Crippen LogP contribution in [0.5, 0.6) is 0 Å². The van der Waals surface area contributed by atoms with Crippen LogP contribution in [0.4, 0.5) is 23.2 Å². The predicted octanol–water partition coefficient (Wildman–Crippen LogP) is 3.86. The normalized spacial score (nSPS) is 18.6. The van der Waals surface area contributed by atoms with E-state index in [2.05, 4.69) is 27.1 Å². The third-order valence-electron chi connectivity index (χ3n) is 6.88. The van der Waals surface area contributed by atoms with Crippen molar-refractivity contribution in [1.29, 1.82) is 0 Å². The highest BCUT2D eigenvalue weighted by Crippen LogP contribution is 2.34. The van der Waals surface area contributed by atoms with Gasteiger partial charge in [-0.15, -0.1) is 10.2 Å². The maximum absolute atomic E-state index is 15.8. The van der Waals surface area contributed by atoms with Crippen LogP contribution in [-0.2, 0) is 11.3 Å². The monoisotopic (exact) mass is 518 g/mol. The molecule has 8 nitrogen and oxygen atoms in total. The summed E-state index contributed by atoms with van der Waals surface area (Å²) in [5, 5.41) is 6.87. The predicted molar refractivity (Wildman–Crippen MR) is 126 cm³/mol. The van der Waals surface area contributed by atoms with Crippen LogP contribution in [0.1, 0.15) is 30.9 Å². The van der Waals surface area contributed by atoms with E-state index in [4.69, 9.17) is 4.42 Å². The molecule has 0 N–H and O–H groups in total. The van der Waals surface area contributed by atoms with Crippen molar-refractivity contribution < 1.29 is 26.8 Å². The Hall–Kier alpha value is -3.38. The van der Waals surface area contributed by atoms with Crippen LogP contribution in [-0.4, -0.2) is 75.8 Å². The number of rotatable bonds is 7. The molecular weight excluding hydrogens is 492 g/mol. The highest BCUT2D eigenvalue weighted by molar-refractivity contribution is 6.00. The van der Waals surface area contributed by atoms with E-state index < -0.39 is 29.7 Å². The number of carbonyl (C=O) groups is 1. The van der Waals surface area contributed by atoms with Crippen molar-refractivity contribution in [2.75, 3.05) is 38.1 Å². The minimum absolute atomic E-state index is 0.0119. The van der Waals surface area contributed by atoms with Crippen molar-refractivity contribution in [1.82, 2.24) is 25.0 Å². The number of nitrogens with zero attached hydrogens (tertiary/aromatic N) is 6. The first-order chi connectivity index (χ1) is 17.7. The third kappa shape index (κ3) is 5.35. The first-order valence-electron chi connectivity index (χ1n) is 12.0. The molecule has 0 radical (unpaired) electrons. The van der Waals surface area contributed by atoms with E-state index in [-0.39, 0.29) is 37.3 Å². The summed E-state index contributed by atoms with van der Waals surface area (Å²) in [5.41, 5.74) is -1.19. The molecule has 0 spiro atoms. The molecule has 0 saturated carbocycles. The van der Waals surface area contributed by atoms with Crippen LogP contribution in [0, 0.1) is 5.82 Å². The molecule has 37 heavy (non-hydrogen) atoms. The van der Waals surface area contributed by atoms with Crippen molar-refractivity contribution in [2.24, 2.45) is 0 Å². The Bertz CT molecular complexity index is 1240. The van der Waals surface area contributed by atoms with E-state index in [1.165, 1.54) is 47.5 Å². The second-order valence-corrected chi connectivity index (χ2v) is 9.56. The molecule has 0 unspecified atom stereocenters. The van der Waals surface area contributed by atoms with E-state index in [0.717, 1.165) is 25.9 Å². The molecule has 1 amide bonds. The van der Waals surface area contributed by atoms with Crippen molar-refractivity contribution in [2.45, 2.75) is 37.5 Å². The molecule has 4 heterocycles. The second kappa shape index (κ2) is 10.2. The lowest BCUT2D eigenvalue weighted by molar-refractivity contribution is -0.146. The van der Waals surface area contributed by atoms with Crippen LogP contribution in [0.3, 0.4) is 0 Å². The Morgan fingerprint density at radius 3 is 2.57 bits per heavy atom. The quantitative estimate of drug-likeness (QED) is 0.440. The first kappa shape index (κ1) is 25.3. The maximum Gasteiger partial charge on any atom is 0.314 e. The zero-order valence-electron chi connectivity index (χ0n) is 20.2. The van der Waals surface area contributed by atoms with Gasteiger partial charge in [0.15, 0.2) is 0 Å². The van der Waals surface area contributed by atoms with Gasteiger partial charge in [-0.25, -0.2) is 8.78 Å². The number of alkyl halides is 3. The number of amides is 1. The van der Waals surface area contributed by atoms with Gasteiger partial charge >= 0.3 is 6.43 Å².